The fraction of sp³-hybridized carbons (Fsp3) is 0.833. The predicted molar refractivity (Wildman–Crippen MR) is 170 cm³/mol. The second-order valence-electron chi connectivity index (χ2n) is 11.0. The maximum absolute atomic E-state index is 13.7. The van der Waals surface area contributed by atoms with Crippen molar-refractivity contribution in [2.24, 2.45) is 32.0 Å². The van der Waals surface area contributed by atoms with Crippen LogP contribution in [0.5, 0.6) is 0 Å². The summed E-state index contributed by atoms with van der Waals surface area (Å²) in [6, 6.07) is 0. The Balaban J connectivity index is 1.74. The molecule has 2 heterocycles. The molecule has 10 nitrogen and oxygen atoms in total. The lowest BCUT2D eigenvalue weighted by Gasteiger charge is -2.21. The van der Waals surface area contributed by atoms with Crippen LogP contribution in [-0.2, 0) is 9.13 Å². The summed E-state index contributed by atoms with van der Waals surface area (Å²) >= 11 is 2.62. The Kier molecular flexibility index (Phi) is 14.1. The average molecular weight is 607 g/mol. The molecule has 14 heteroatoms. The largest absolute Gasteiger partial charge is 0.292 e. The van der Waals surface area contributed by atoms with Gasteiger partial charge in [-0.3, -0.25) is 30.2 Å². The quantitative estimate of drug-likeness (QED) is 0.0676. The standard InChI is InChI=1S/C24H48N8O2P2S2/c1-17(2)15-21-27-23(31-29-19(5)6)37-35(21,33)25-13-11-9-10-12-14-26-36(34)22(16-18(3)4)28-24(38-36)32-30-20(7)8/h17-18,21-22H,9-16H2,1-8H3,(H,25,33)(H,26,34)(H,27,31)(H,28,32). The second kappa shape index (κ2) is 16.0. The van der Waals surface area contributed by atoms with E-state index in [1.807, 2.05) is 27.7 Å². The summed E-state index contributed by atoms with van der Waals surface area (Å²) in [6.07, 6.45) is 5.46. The predicted octanol–water partition coefficient (Wildman–Crippen LogP) is 7.03. The van der Waals surface area contributed by atoms with Crippen LogP contribution >= 0.6 is 35.8 Å². The summed E-state index contributed by atoms with van der Waals surface area (Å²) in [5.74, 6) is 0.377. The molecule has 218 valence electrons. The van der Waals surface area contributed by atoms with Crippen LogP contribution in [0.1, 0.15) is 93.9 Å². The maximum Gasteiger partial charge on any atom is 0.232 e. The van der Waals surface area contributed by atoms with E-state index in [1.54, 1.807) is 0 Å². The third-order valence-corrected chi connectivity index (χ3v) is 15.4. The molecule has 0 spiro atoms. The number of unbranched alkanes of at least 4 members (excludes halogenated alkanes) is 3. The number of hydrogen-bond donors (Lipinski definition) is 4. The van der Waals surface area contributed by atoms with Gasteiger partial charge in [-0.15, -0.1) is 0 Å². The normalized spacial score (nSPS) is 26.9. The van der Waals surface area contributed by atoms with Crippen molar-refractivity contribution in [2.75, 3.05) is 13.1 Å². The topological polar surface area (TPSA) is 132 Å². The molecule has 2 rings (SSSR count). The number of nitrogens with one attached hydrogen (secondary N) is 4. The van der Waals surface area contributed by atoms with Gasteiger partial charge in [-0.05, 0) is 88.0 Å². The van der Waals surface area contributed by atoms with E-state index in [4.69, 9.17) is 0 Å². The van der Waals surface area contributed by atoms with Crippen molar-refractivity contribution in [1.82, 2.24) is 21.0 Å². The zero-order valence-corrected chi connectivity index (χ0v) is 27.7. The highest BCUT2D eigenvalue weighted by Crippen LogP contribution is 2.65. The van der Waals surface area contributed by atoms with Gasteiger partial charge in [0.25, 0.3) is 0 Å². The Labute approximate surface area is 237 Å². The summed E-state index contributed by atoms with van der Waals surface area (Å²) in [5.41, 5.74) is 7.71. The molecule has 2 aliphatic rings. The van der Waals surface area contributed by atoms with Crippen LogP contribution in [0, 0.1) is 11.8 Å². The molecule has 0 radical (unpaired) electrons. The molecule has 0 aliphatic carbocycles. The van der Waals surface area contributed by atoms with Crippen molar-refractivity contribution in [2.45, 2.75) is 105 Å². The number of hydrazone groups is 2. The zero-order chi connectivity index (χ0) is 28.3. The van der Waals surface area contributed by atoms with Crippen LogP contribution in [0.15, 0.2) is 20.2 Å². The van der Waals surface area contributed by atoms with Gasteiger partial charge in [-0.25, -0.2) is 9.98 Å². The fourth-order valence-electron chi connectivity index (χ4n) is 3.84. The van der Waals surface area contributed by atoms with Gasteiger partial charge in [0.05, 0.1) is 0 Å². The molecule has 4 atom stereocenters. The summed E-state index contributed by atoms with van der Waals surface area (Å²) in [6.45, 7) is 12.1. The molecule has 0 saturated heterocycles. The van der Waals surface area contributed by atoms with Gasteiger partial charge in [0, 0.05) is 24.5 Å². The Bertz CT molecular complexity index is 914. The molecule has 0 fully saturated rings. The van der Waals surface area contributed by atoms with Crippen molar-refractivity contribution >= 4 is 57.5 Å². The van der Waals surface area contributed by atoms with E-state index in [9.17, 15) is 9.13 Å². The van der Waals surface area contributed by atoms with Crippen molar-refractivity contribution in [3.8, 4) is 0 Å². The number of rotatable bonds is 15. The molecule has 38 heavy (non-hydrogen) atoms. The molecule has 4 unspecified atom stereocenters. The minimum atomic E-state index is -2.72. The van der Waals surface area contributed by atoms with Gasteiger partial charge in [0.1, 0.15) is 11.6 Å². The molecular weight excluding hydrogens is 558 g/mol. The van der Waals surface area contributed by atoms with Gasteiger partial charge in [-0.2, -0.15) is 10.2 Å². The second-order valence-corrected chi connectivity index (χ2v) is 20.7. The summed E-state index contributed by atoms with van der Waals surface area (Å²) in [5, 5.41) is 16.4. The van der Waals surface area contributed by atoms with E-state index in [2.05, 4.69) is 68.9 Å². The van der Waals surface area contributed by atoms with E-state index in [-0.39, 0.29) is 11.6 Å². The lowest BCUT2D eigenvalue weighted by atomic mass is 10.1. The first kappa shape index (κ1) is 33.6. The van der Waals surface area contributed by atoms with E-state index in [1.165, 1.54) is 22.8 Å². The molecule has 0 aromatic rings. The van der Waals surface area contributed by atoms with Gasteiger partial charge >= 0.3 is 0 Å². The fourth-order valence-corrected chi connectivity index (χ4v) is 13.2. The third kappa shape index (κ3) is 11.5. The highest BCUT2D eigenvalue weighted by Gasteiger charge is 2.42. The highest BCUT2D eigenvalue weighted by molar-refractivity contribution is 8.65. The van der Waals surface area contributed by atoms with Gasteiger partial charge in [0.2, 0.25) is 13.0 Å². The Hall–Kier alpha value is -0.640. The van der Waals surface area contributed by atoms with E-state index in [0.29, 0.717) is 35.3 Å². The van der Waals surface area contributed by atoms with Gasteiger partial charge < -0.3 is 0 Å². The lowest BCUT2D eigenvalue weighted by molar-refractivity contribution is 0.523. The minimum Gasteiger partial charge on any atom is -0.292 e. The smallest absolute Gasteiger partial charge is 0.232 e. The van der Waals surface area contributed by atoms with E-state index < -0.39 is 13.0 Å². The SMILES string of the molecule is CC(C)=NNC1=NC(CC(C)C)P(=O)(NCCCCCCNP2(=O)SC(NN=C(C)C)=NC2CC(C)C)S1. The van der Waals surface area contributed by atoms with Crippen LogP contribution in [-0.4, -0.2) is 46.4 Å². The van der Waals surface area contributed by atoms with Crippen LogP contribution in [0.25, 0.3) is 0 Å². The monoisotopic (exact) mass is 606 g/mol. The Morgan fingerprint density at radius 1 is 0.737 bits per heavy atom. The number of aliphatic imine (C=N–C) groups is 2. The minimum absolute atomic E-state index is 0.222. The highest BCUT2D eigenvalue weighted by atomic mass is 32.7. The molecule has 0 saturated carbocycles. The molecule has 4 N–H and O–H groups in total. The molecule has 2 aliphatic heterocycles. The van der Waals surface area contributed by atoms with Crippen LogP contribution in [0.2, 0.25) is 0 Å². The number of nitrogens with zero attached hydrogens (tertiary/aromatic N) is 4. The van der Waals surface area contributed by atoms with Gasteiger partial charge in [0.15, 0.2) is 10.3 Å². The summed E-state index contributed by atoms with van der Waals surface area (Å²) in [4.78, 5) is 9.33. The average Bonchev–Trinajstić information content (AvgIpc) is 3.28. The molecule has 0 bridgehead atoms. The maximum atomic E-state index is 13.7. The van der Waals surface area contributed by atoms with Crippen molar-refractivity contribution in [3.05, 3.63) is 0 Å². The number of hydrogen-bond acceptors (Lipinski definition) is 10. The van der Waals surface area contributed by atoms with Gasteiger partial charge in [-0.1, -0.05) is 40.5 Å². The van der Waals surface area contributed by atoms with E-state index in [0.717, 1.165) is 49.9 Å². The summed E-state index contributed by atoms with van der Waals surface area (Å²) < 4.78 is 27.3. The first-order chi connectivity index (χ1) is 17.8. The first-order valence-electron chi connectivity index (χ1n) is 13.6. The zero-order valence-electron chi connectivity index (χ0n) is 24.3. The first-order valence-corrected chi connectivity index (χ1v) is 20.0. The lowest BCUT2D eigenvalue weighted by Crippen LogP contribution is -2.18. The molecule has 0 amide bonds. The third-order valence-electron chi connectivity index (χ3n) is 5.64. The molecular formula is C24H48N8O2P2S2. The van der Waals surface area contributed by atoms with E-state index >= 15 is 0 Å². The van der Waals surface area contributed by atoms with Crippen LogP contribution in [0.4, 0.5) is 0 Å². The molecule has 0 aromatic carbocycles. The Morgan fingerprint density at radius 3 is 1.42 bits per heavy atom. The summed E-state index contributed by atoms with van der Waals surface area (Å²) in [7, 11) is 0. The van der Waals surface area contributed by atoms with Crippen molar-refractivity contribution in [1.29, 1.82) is 0 Å². The Morgan fingerprint density at radius 2 is 1.11 bits per heavy atom. The number of amidine groups is 2. The van der Waals surface area contributed by atoms with Crippen molar-refractivity contribution in [3.63, 3.8) is 0 Å². The van der Waals surface area contributed by atoms with Crippen LogP contribution < -0.4 is 21.0 Å². The molecule has 0 aromatic heterocycles. The van der Waals surface area contributed by atoms with Crippen LogP contribution in [0.3, 0.4) is 0 Å². The van der Waals surface area contributed by atoms with Crippen molar-refractivity contribution < 1.29 is 9.13 Å².